The maximum absolute atomic E-state index is 14.2. The summed E-state index contributed by atoms with van der Waals surface area (Å²) >= 11 is 0. The Balaban J connectivity index is 2.08. The lowest BCUT2D eigenvalue weighted by atomic mass is 9.89. The van der Waals surface area contributed by atoms with Crippen LogP contribution in [0.25, 0.3) is 16.5 Å². The highest BCUT2D eigenvalue weighted by atomic mass is 19.1. The molecule has 0 aliphatic carbocycles. The summed E-state index contributed by atoms with van der Waals surface area (Å²) in [5.41, 5.74) is 3.06. The van der Waals surface area contributed by atoms with Gasteiger partial charge in [0.15, 0.2) is 0 Å². The third-order valence-electron chi connectivity index (χ3n) is 4.27. The third kappa shape index (κ3) is 1.20. The lowest BCUT2D eigenvalue weighted by Gasteiger charge is -2.37. The molecule has 0 amide bonds. The molecule has 1 atom stereocenters. The van der Waals surface area contributed by atoms with E-state index in [1.807, 2.05) is 6.07 Å². The zero-order valence-electron chi connectivity index (χ0n) is 10.4. The van der Waals surface area contributed by atoms with Gasteiger partial charge in [-0.05, 0) is 37.2 Å². The molecule has 0 saturated heterocycles. The van der Waals surface area contributed by atoms with E-state index in [9.17, 15) is 4.39 Å². The Hall–Kier alpha value is -1.61. The van der Waals surface area contributed by atoms with Crippen molar-refractivity contribution in [3.63, 3.8) is 0 Å². The predicted octanol–water partition coefficient (Wildman–Crippen LogP) is 2.88. The van der Waals surface area contributed by atoms with Gasteiger partial charge in [0, 0.05) is 30.2 Å². The maximum atomic E-state index is 14.2. The van der Waals surface area contributed by atoms with Crippen LogP contribution in [0.3, 0.4) is 0 Å². The van der Waals surface area contributed by atoms with Crippen LogP contribution < -0.4 is 0 Å². The van der Waals surface area contributed by atoms with Crippen molar-refractivity contribution in [3.05, 3.63) is 41.9 Å². The molecule has 0 spiro atoms. The summed E-state index contributed by atoms with van der Waals surface area (Å²) in [6, 6.07) is 5.87. The Kier molecular flexibility index (Phi) is 1.98. The minimum Gasteiger partial charge on any atom is -0.345 e. The van der Waals surface area contributed by atoms with Crippen LogP contribution in [0.2, 0.25) is 0 Å². The first kappa shape index (κ1) is 10.3. The lowest BCUT2D eigenvalue weighted by Crippen LogP contribution is -2.41. The smallest absolute Gasteiger partial charge is 0.132 e. The van der Waals surface area contributed by atoms with Crippen molar-refractivity contribution in [2.75, 3.05) is 13.6 Å². The number of fused-ring (bicyclic) bond motifs is 2. The molecule has 92 valence electrons. The summed E-state index contributed by atoms with van der Waals surface area (Å²) in [5, 5.41) is 1.14. The Morgan fingerprint density at radius 1 is 1.28 bits per heavy atom. The molecule has 3 heterocycles. The van der Waals surface area contributed by atoms with E-state index in [4.69, 9.17) is 0 Å². The number of likely N-dealkylation sites (N-methyl/N-ethyl adjacent to an activating group) is 1. The molecule has 4 rings (SSSR count). The third-order valence-corrected chi connectivity index (χ3v) is 4.27. The van der Waals surface area contributed by atoms with Gasteiger partial charge in [0.05, 0.1) is 11.6 Å². The Labute approximate surface area is 105 Å². The van der Waals surface area contributed by atoms with Crippen molar-refractivity contribution in [3.8, 4) is 0 Å². The molecule has 18 heavy (non-hydrogen) atoms. The topological polar surface area (TPSA) is 8.17 Å². The maximum Gasteiger partial charge on any atom is 0.132 e. The van der Waals surface area contributed by atoms with Gasteiger partial charge >= 0.3 is 0 Å². The average Bonchev–Trinajstić information content (AvgIpc) is 2.78. The molecule has 2 aliphatic rings. The van der Waals surface area contributed by atoms with E-state index in [1.54, 1.807) is 6.07 Å². The molecule has 2 aromatic rings. The van der Waals surface area contributed by atoms with E-state index in [-0.39, 0.29) is 5.82 Å². The van der Waals surface area contributed by atoms with E-state index >= 15 is 0 Å². The van der Waals surface area contributed by atoms with Crippen molar-refractivity contribution in [1.29, 1.82) is 0 Å². The summed E-state index contributed by atoms with van der Waals surface area (Å²) in [4.78, 5) is 2.33. The van der Waals surface area contributed by atoms with Gasteiger partial charge in [0.2, 0.25) is 0 Å². The first-order valence-corrected chi connectivity index (χ1v) is 6.44. The SMILES string of the molecule is CN1CCC=C2c3c(F)ccc4ccn(c34)CC21. The molecule has 1 aromatic heterocycles. The molecule has 3 heteroatoms. The highest BCUT2D eigenvalue weighted by Gasteiger charge is 2.31. The predicted molar refractivity (Wildman–Crippen MR) is 70.9 cm³/mol. The van der Waals surface area contributed by atoms with Crippen LogP contribution in [0.15, 0.2) is 30.5 Å². The van der Waals surface area contributed by atoms with Crippen molar-refractivity contribution in [2.45, 2.75) is 19.0 Å². The fraction of sp³-hybridized carbons (Fsp3) is 0.333. The number of halogens is 1. The van der Waals surface area contributed by atoms with Gasteiger partial charge in [-0.1, -0.05) is 6.08 Å². The van der Waals surface area contributed by atoms with Gasteiger partial charge in [-0.3, -0.25) is 4.90 Å². The van der Waals surface area contributed by atoms with Crippen LogP contribution in [0.4, 0.5) is 4.39 Å². The van der Waals surface area contributed by atoms with Crippen molar-refractivity contribution < 1.29 is 4.39 Å². The molecule has 1 aromatic carbocycles. The molecule has 0 saturated carbocycles. The summed E-state index contributed by atoms with van der Waals surface area (Å²) in [5.74, 6) is -0.0892. The summed E-state index contributed by atoms with van der Waals surface area (Å²) in [7, 11) is 2.13. The Morgan fingerprint density at radius 3 is 3.06 bits per heavy atom. The largest absolute Gasteiger partial charge is 0.345 e. The number of benzene rings is 1. The minimum atomic E-state index is -0.0892. The standard InChI is InChI=1S/C15H15FN2/c1-17-7-2-3-11-13(17)9-18-8-6-10-4-5-12(16)14(11)15(10)18/h3-6,8,13H,2,7,9H2,1H3. The zero-order valence-corrected chi connectivity index (χ0v) is 10.4. The van der Waals surface area contributed by atoms with Gasteiger partial charge in [-0.2, -0.15) is 0 Å². The van der Waals surface area contributed by atoms with Crippen molar-refractivity contribution in [1.82, 2.24) is 9.47 Å². The second-order valence-electron chi connectivity index (χ2n) is 5.27. The number of nitrogens with zero attached hydrogens (tertiary/aromatic N) is 2. The van der Waals surface area contributed by atoms with Crippen molar-refractivity contribution in [2.24, 2.45) is 0 Å². The Bertz CT molecular complexity index is 668. The van der Waals surface area contributed by atoms with Crippen LogP contribution >= 0.6 is 0 Å². The highest BCUT2D eigenvalue weighted by Crippen LogP contribution is 2.38. The highest BCUT2D eigenvalue weighted by molar-refractivity contribution is 5.95. The van der Waals surface area contributed by atoms with Gasteiger partial charge < -0.3 is 4.57 Å². The van der Waals surface area contributed by atoms with Crippen molar-refractivity contribution >= 4 is 16.5 Å². The number of hydrogen-bond donors (Lipinski definition) is 0. The Morgan fingerprint density at radius 2 is 2.17 bits per heavy atom. The van der Waals surface area contributed by atoms with E-state index < -0.39 is 0 Å². The molecule has 0 radical (unpaired) electrons. The van der Waals surface area contributed by atoms with Gasteiger partial charge in [0.1, 0.15) is 5.82 Å². The quantitative estimate of drug-likeness (QED) is 0.689. The van der Waals surface area contributed by atoms with E-state index in [1.165, 1.54) is 5.57 Å². The monoisotopic (exact) mass is 242 g/mol. The fourth-order valence-electron chi connectivity index (χ4n) is 3.34. The molecule has 0 N–H and O–H groups in total. The first-order chi connectivity index (χ1) is 8.75. The van der Waals surface area contributed by atoms with Gasteiger partial charge in [-0.25, -0.2) is 4.39 Å². The molecule has 2 nitrogen and oxygen atoms in total. The lowest BCUT2D eigenvalue weighted by molar-refractivity contribution is 0.260. The summed E-state index contributed by atoms with van der Waals surface area (Å²) in [6.45, 7) is 1.99. The number of aromatic nitrogens is 1. The summed E-state index contributed by atoms with van der Waals surface area (Å²) in [6.07, 6.45) is 5.31. The van der Waals surface area contributed by atoms with Crippen LogP contribution in [-0.4, -0.2) is 29.1 Å². The van der Waals surface area contributed by atoms with E-state index in [0.29, 0.717) is 6.04 Å². The van der Waals surface area contributed by atoms with E-state index in [0.717, 1.165) is 36.0 Å². The molecule has 2 aliphatic heterocycles. The average molecular weight is 242 g/mol. The molecule has 0 fully saturated rings. The molecular weight excluding hydrogens is 227 g/mol. The van der Waals surface area contributed by atoms with Gasteiger partial charge in [0.25, 0.3) is 0 Å². The van der Waals surface area contributed by atoms with Crippen LogP contribution in [0, 0.1) is 5.82 Å². The minimum absolute atomic E-state index is 0.0892. The normalized spacial score (nSPS) is 23.0. The second kappa shape index (κ2) is 3.45. The summed E-state index contributed by atoms with van der Waals surface area (Å²) < 4.78 is 16.4. The second-order valence-corrected chi connectivity index (χ2v) is 5.27. The number of rotatable bonds is 0. The zero-order chi connectivity index (χ0) is 12.3. The van der Waals surface area contributed by atoms with Crippen LogP contribution in [0.5, 0.6) is 0 Å². The molecule has 0 bridgehead atoms. The molecule has 1 unspecified atom stereocenters. The van der Waals surface area contributed by atoms with E-state index in [2.05, 4.69) is 34.9 Å². The number of hydrogen-bond acceptors (Lipinski definition) is 1. The fourth-order valence-corrected chi connectivity index (χ4v) is 3.34. The van der Waals surface area contributed by atoms with Crippen LogP contribution in [-0.2, 0) is 6.54 Å². The first-order valence-electron chi connectivity index (χ1n) is 6.44. The van der Waals surface area contributed by atoms with Gasteiger partial charge in [-0.15, -0.1) is 0 Å². The van der Waals surface area contributed by atoms with Crippen LogP contribution in [0.1, 0.15) is 12.0 Å². The molecular formula is C15H15FN2.